The van der Waals surface area contributed by atoms with Gasteiger partial charge >= 0.3 is 6.09 Å². The lowest BCUT2D eigenvalue weighted by Gasteiger charge is -2.43. The van der Waals surface area contributed by atoms with E-state index < -0.39 is 0 Å². The summed E-state index contributed by atoms with van der Waals surface area (Å²) in [6, 6.07) is 10.1. The lowest BCUT2D eigenvalue weighted by molar-refractivity contribution is 0.0332. The molecule has 1 N–H and O–H groups in total. The molecule has 2 saturated heterocycles. The molecule has 25 heavy (non-hydrogen) atoms. The maximum absolute atomic E-state index is 12.5. The Morgan fingerprint density at radius 2 is 1.92 bits per heavy atom. The average Bonchev–Trinajstić information content (AvgIpc) is 2.64. The van der Waals surface area contributed by atoms with E-state index >= 15 is 0 Å². The number of ether oxygens (including phenoxy) is 1. The van der Waals surface area contributed by atoms with E-state index in [9.17, 15) is 4.79 Å². The maximum atomic E-state index is 12.5. The van der Waals surface area contributed by atoms with Crippen molar-refractivity contribution in [2.75, 3.05) is 39.3 Å². The van der Waals surface area contributed by atoms with Crippen LogP contribution in [0.25, 0.3) is 0 Å². The molecule has 0 aromatic heterocycles. The van der Waals surface area contributed by atoms with Crippen molar-refractivity contribution in [1.82, 2.24) is 15.1 Å². The Morgan fingerprint density at radius 1 is 1.20 bits per heavy atom. The Bertz CT molecular complexity index is 545. The molecule has 0 bridgehead atoms. The highest BCUT2D eigenvalue weighted by Gasteiger charge is 2.35. The van der Waals surface area contributed by atoms with Crippen LogP contribution in [0.2, 0.25) is 0 Å². The van der Waals surface area contributed by atoms with Gasteiger partial charge in [0.2, 0.25) is 0 Å². The SMILES string of the molecule is CC1CN(C(=O)OCc2ccccc2)C(C)CC1CN1CCNCC1. The Morgan fingerprint density at radius 3 is 2.64 bits per heavy atom. The van der Waals surface area contributed by atoms with Crippen molar-refractivity contribution in [3.8, 4) is 0 Å². The molecule has 5 heteroatoms. The molecule has 1 amide bonds. The monoisotopic (exact) mass is 345 g/mol. The number of carbonyl (C=O) groups is 1. The minimum absolute atomic E-state index is 0.177. The number of amides is 1. The second kappa shape index (κ2) is 8.68. The van der Waals surface area contributed by atoms with Crippen molar-refractivity contribution in [1.29, 1.82) is 0 Å². The van der Waals surface area contributed by atoms with E-state index in [4.69, 9.17) is 4.74 Å². The third-order valence-electron chi connectivity index (χ3n) is 5.61. The topological polar surface area (TPSA) is 44.8 Å². The van der Waals surface area contributed by atoms with Gasteiger partial charge in [0.05, 0.1) is 0 Å². The number of likely N-dealkylation sites (tertiary alicyclic amines) is 1. The van der Waals surface area contributed by atoms with Gasteiger partial charge < -0.3 is 19.9 Å². The number of nitrogens with one attached hydrogen (secondary N) is 1. The first kappa shape index (κ1) is 18.2. The standard InChI is InChI=1S/C20H31N3O2/c1-16-13-23(20(24)25-15-18-6-4-3-5-7-18)17(2)12-19(16)14-22-10-8-21-9-11-22/h3-7,16-17,19,21H,8-15H2,1-2H3. The van der Waals surface area contributed by atoms with Crippen molar-refractivity contribution >= 4 is 6.09 Å². The lowest BCUT2D eigenvalue weighted by atomic mass is 9.83. The van der Waals surface area contributed by atoms with Gasteiger partial charge in [-0.05, 0) is 30.7 Å². The molecule has 0 aliphatic carbocycles. The quantitative estimate of drug-likeness (QED) is 0.911. The summed E-state index contributed by atoms with van der Waals surface area (Å²) in [5.41, 5.74) is 1.03. The van der Waals surface area contributed by atoms with Crippen molar-refractivity contribution < 1.29 is 9.53 Å². The molecule has 5 nitrogen and oxygen atoms in total. The fourth-order valence-corrected chi connectivity index (χ4v) is 3.97. The second-order valence-corrected chi connectivity index (χ2v) is 7.57. The van der Waals surface area contributed by atoms with E-state index in [2.05, 4.69) is 24.1 Å². The van der Waals surface area contributed by atoms with Crippen molar-refractivity contribution in [3.63, 3.8) is 0 Å². The minimum atomic E-state index is -0.177. The number of hydrogen-bond donors (Lipinski definition) is 1. The zero-order valence-corrected chi connectivity index (χ0v) is 15.5. The molecular weight excluding hydrogens is 314 g/mol. The van der Waals surface area contributed by atoms with Crippen LogP contribution in [0.5, 0.6) is 0 Å². The molecule has 1 aromatic carbocycles. The third kappa shape index (κ3) is 4.95. The van der Waals surface area contributed by atoms with Gasteiger partial charge in [-0.1, -0.05) is 37.3 Å². The summed E-state index contributed by atoms with van der Waals surface area (Å²) >= 11 is 0. The summed E-state index contributed by atoms with van der Waals surface area (Å²) in [5, 5.41) is 3.41. The number of hydrogen-bond acceptors (Lipinski definition) is 4. The highest BCUT2D eigenvalue weighted by molar-refractivity contribution is 5.68. The van der Waals surface area contributed by atoms with Crippen LogP contribution >= 0.6 is 0 Å². The van der Waals surface area contributed by atoms with Gasteiger partial charge in [-0.25, -0.2) is 4.79 Å². The Hall–Kier alpha value is -1.59. The van der Waals surface area contributed by atoms with Gasteiger partial charge in [-0.15, -0.1) is 0 Å². The van der Waals surface area contributed by atoms with Crippen molar-refractivity contribution in [3.05, 3.63) is 35.9 Å². The summed E-state index contributed by atoms with van der Waals surface area (Å²) in [6.45, 7) is 11.2. The van der Waals surface area contributed by atoms with Crippen molar-refractivity contribution in [2.45, 2.75) is 32.9 Å². The molecule has 0 radical (unpaired) electrons. The number of nitrogens with zero attached hydrogens (tertiary/aromatic N) is 2. The summed E-state index contributed by atoms with van der Waals surface area (Å²) in [4.78, 5) is 17.0. The molecule has 138 valence electrons. The van der Waals surface area contributed by atoms with Crippen LogP contribution < -0.4 is 5.32 Å². The lowest BCUT2D eigenvalue weighted by Crippen LogP contribution is -2.52. The Balaban J connectivity index is 1.49. The molecular formula is C20H31N3O2. The van der Waals surface area contributed by atoms with E-state index in [1.807, 2.05) is 35.2 Å². The first-order chi connectivity index (χ1) is 12.1. The van der Waals surface area contributed by atoms with Gasteiger partial charge in [-0.3, -0.25) is 0 Å². The van der Waals surface area contributed by atoms with Crippen LogP contribution in [-0.2, 0) is 11.3 Å². The normalized spacial score (nSPS) is 27.9. The summed E-state index contributed by atoms with van der Waals surface area (Å²) in [6.07, 6.45) is 0.884. The van der Waals surface area contributed by atoms with Crippen LogP contribution in [-0.4, -0.2) is 61.2 Å². The van der Waals surface area contributed by atoms with Gasteiger partial charge in [0, 0.05) is 45.3 Å². The molecule has 3 unspecified atom stereocenters. The van der Waals surface area contributed by atoms with Crippen LogP contribution in [0.1, 0.15) is 25.8 Å². The largest absolute Gasteiger partial charge is 0.445 e. The fraction of sp³-hybridized carbons (Fsp3) is 0.650. The summed E-state index contributed by atoms with van der Waals surface area (Å²) in [5.74, 6) is 1.17. The summed E-state index contributed by atoms with van der Waals surface area (Å²) in [7, 11) is 0. The highest BCUT2D eigenvalue weighted by Crippen LogP contribution is 2.29. The Kier molecular flexibility index (Phi) is 6.32. The van der Waals surface area contributed by atoms with Gasteiger partial charge in [0.25, 0.3) is 0 Å². The average molecular weight is 345 g/mol. The molecule has 1 aromatic rings. The highest BCUT2D eigenvalue weighted by atomic mass is 16.6. The number of carbonyl (C=O) groups excluding carboxylic acids is 1. The zero-order chi connectivity index (χ0) is 17.6. The zero-order valence-electron chi connectivity index (χ0n) is 15.5. The number of piperazine rings is 1. The van der Waals surface area contributed by atoms with Gasteiger partial charge in [0.1, 0.15) is 6.61 Å². The third-order valence-corrected chi connectivity index (χ3v) is 5.61. The molecule has 2 heterocycles. The predicted molar refractivity (Wildman–Crippen MR) is 99.4 cm³/mol. The molecule has 0 spiro atoms. The number of benzene rings is 1. The van der Waals surface area contributed by atoms with Crippen LogP contribution in [0.15, 0.2) is 30.3 Å². The number of piperidine rings is 1. The molecule has 2 fully saturated rings. The molecule has 0 saturated carbocycles. The Labute approximate surface area is 151 Å². The molecule has 2 aliphatic heterocycles. The van der Waals surface area contributed by atoms with E-state index in [1.165, 1.54) is 0 Å². The first-order valence-electron chi connectivity index (χ1n) is 9.54. The van der Waals surface area contributed by atoms with Crippen LogP contribution in [0.4, 0.5) is 4.79 Å². The number of rotatable bonds is 4. The molecule has 2 aliphatic rings. The van der Waals surface area contributed by atoms with Gasteiger partial charge in [0.15, 0.2) is 0 Å². The van der Waals surface area contributed by atoms with Gasteiger partial charge in [-0.2, -0.15) is 0 Å². The van der Waals surface area contributed by atoms with E-state index in [0.717, 1.165) is 51.3 Å². The maximum Gasteiger partial charge on any atom is 0.410 e. The smallest absolute Gasteiger partial charge is 0.410 e. The first-order valence-corrected chi connectivity index (χ1v) is 9.54. The second-order valence-electron chi connectivity index (χ2n) is 7.57. The molecule has 3 rings (SSSR count). The van der Waals surface area contributed by atoms with Crippen molar-refractivity contribution in [2.24, 2.45) is 11.8 Å². The minimum Gasteiger partial charge on any atom is -0.445 e. The van der Waals surface area contributed by atoms with E-state index in [0.29, 0.717) is 18.4 Å². The summed E-state index contributed by atoms with van der Waals surface area (Å²) < 4.78 is 5.54. The predicted octanol–water partition coefficient (Wildman–Crippen LogP) is 2.57. The van der Waals surface area contributed by atoms with E-state index in [-0.39, 0.29) is 12.1 Å². The van der Waals surface area contributed by atoms with E-state index in [1.54, 1.807) is 0 Å². The van der Waals surface area contributed by atoms with Crippen LogP contribution in [0, 0.1) is 11.8 Å². The van der Waals surface area contributed by atoms with Crippen LogP contribution in [0.3, 0.4) is 0 Å². The fourth-order valence-electron chi connectivity index (χ4n) is 3.97. The molecule has 3 atom stereocenters.